The van der Waals surface area contributed by atoms with Crippen molar-refractivity contribution < 1.29 is 14.4 Å². The van der Waals surface area contributed by atoms with E-state index >= 15 is 0 Å². The number of rotatable bonds is 4. The number of benzene rings is 2. The van der Waals surface area contributed by atoms with E-state index in [0.29, 0.717) is 24.2 Å². The van der Waals surface area contributed by atoms with Gasteiger partial charge in [-0.2, -0.15) is 0 Å². The molecule has 0 atom stereocenters. The minimum atomic E-state index is -0.386. The van der Waals surface area contributed by atoms with Gasteiger partial charge in [-0.1, -0.05) is 40.2 Å². The first-order valence-corrected chi connectivity index (χ1v) is 10.0. The zero-order valence-corrected chi connectivity index (χ0v) is 16.9. The molecule has 2 aromatic rings. The highest BCUT2D eigenvalue weighted by molar-refractivity contribution is 9.10. The lowest BCUT2D eigenvalue weighted by molar-refractivity contribution is -0.133. The molecule has 6 nitrogen and oxygen atoms in total. The summed E-state index contributed by atoms with van der Waals surface area (Å²) in [7, 11) is 0. The van der Waals surface area contributed by atoms with Crippen LogP contribution in [0.15, 0.2) is 53.0 Å². The molecular formula is C21H20BrN3O3. The normalized spacial score (nSPS) is 17.2. The molecule has 0 radical (unpaired) electrons. The minimum absolute atomic E-state index is 0.183. The number of halogens is 1. The zero-order chi connectivity index (χ0) is 19.7. The summed E-state index contributed by atoms with van der Waals surface area (Å²) in [6.45, 7) is 3.37. The molecule has 0 aromatic heterocycles. The van der Waals surface area contributed by atoms with E-state index in [9.17, 15) is 14.4 Å². The third kappa shape index (κ3) is 3.72. The molecule has 2 heterocycles. The molecule has 7 heteroatoms. The van der Waals surface area contributed by atoms with Gasteiger partial charge in [-0.25, -0.2) is 0 Å². The SMILES string of the molecule is O=C(CN1C(=O)c2ccccc2C1=O)N1CCN(Cc2ccc(Br)cc2)CC1. The highest BCUT2D eigenvalue weighted by Crippen LogP contribution is 2.22. The Balaban J connectivity index is 1.32. The summed E-state index contributed by atoms with van der Waals surface area (Å²) < 4.78 is 1.06. The third-order valence-corrected chi connectivity index (χ3v) is 5.74. The van der Waals surface area contributed by atoms with Crippen molar-refractivity contribution in [2.24, 2.45) is 0 Å². The number of hydrogen-bond acceptors (Lipinski definition) is 4. The van der Waals surface area contributed by atoms with Crippen molar-refractivity contribution in [1.82, 2.24) is 14.7 Å². The second-order valence-corrected chi connectivity index (χ2v) is 7.94. The van der Waals surface area contributed by atoms with Crippen LogP contribution in [-0.2, 0) is 11.3 Å². The first-order valence-electron chi connectivity index (χ1n) is 9.23. The third-order valence-electron chi connectivity index (χ3n) is 5.22. The first kappa shape index (κ1) is 18.8. The van der Waals surface area contributed by atoms with Crippen LogP contribution >= 0.6 is 15.9 Å². The van der Waals surface area contributed by atoms with E-state index < -0.39 is 0 Å². The molecule has 0 spiro atoms. The van der Waals surface area contributed by atoms with Crippen molar-refractivity contribution in [3.8, 4) is 0 Å². The Kier molecular flexibility index (Phi) is 5.28. The molecule has 144 valence electrons. The van der Waals surface area contributed by atoms with Crippen LogP contribution in [0.3, 0.4) is 0 Å². The number of carbonyl (C=O) groups is 3. The Hall–Kier alpha value is -2.51. The van der Waals surface area contributed by atoms with E-state index in [1.165, 1.54) is 5.56 Å². The number of hydrogen-bond donors (Lipinski definition) is 0. The fraction of sp³-hybridized carbons (Fsp3) is 0.286. The maximum Gasteiger partial charge on any atom is 0.262 e. The van der Waals surface area contributed by atoms with E-state index in [2.05, 4.69) is 33.0 Å². The van der Waals surface area contributed by atoms with Gasteiger partial charge in [-0.05, 0) is 29.8 Å². The molecule has 0 N–H and O–H groups in total. The van der Waals surface area contributed by atoms with E-state index in [0.717, 1.165) is 29.0 Å². The highest BCUT2D eigenvalue weighted by atomic mass is 79.9. The van der Waals surface area contributed by atoms with Crippen LogP contribution in [0.2, 0.25) is 0 Å². The van der Waals surface area contributed by atoms with Gasteiger partial charge >= 0.3 is 0 Å². The van der Waals surface area contributed by atoms with E-state index in [1.807, 2.05) is 12.1 Å². The van der Waals surface area contributed by atoms with E-state index in [4.69, 9.17) is 0 Å². The molecule has 1 saturated heterocycles. The molecule has 2 aromatic carbocycles. The Bertz CT molecular complexity index is 886. The van der Waals surface area contributed by atoms with Crippen LogP contribution in [0.1, 0.15) is 26.3 Å². The molecule has 3 amide bonds. The van der Waals surface area contributed by atoms with Gasteiger partial charge in [0.15, 0.2) is 0 Å². The van der Waals surface area contributed by atoms with E-state index in [1.54, 1.807) is 29.2 Å². The molecule has 1 fully saturated rings. The number of carbonyl (C=O) groups excluding carboxylic acids is 3. The zero-order valence-electron chi connectivity index (χ0n) is 15.3. The van der Waals surface area contributed by atoms with Crippen LogP contribution in [-0.4, -0.2) is 65.1 Å². The molecule has 0 unspecified atom stereocenters. The average Bonchev–Trinajstić information content (AvgIpc) is 2.95. The molecule has 2 aliphatic heterocycles. The second-order valence-electron chi connectivity index (χ2n) is 7.03. The number of amides is 3. The molecule has 28 heavy (non-hydrogen) atoms. The van der Waals surface area contributed by atoms with Crippen molar-refractivity contribution in [3.63, 3.8) is 0 Å². The molecular weight excluding hydrogens is 422 g/mol. The Morgan fingerprint density at radius 2 is 1.43 bits per heavy atom. The fourth-order valence-electron chi connectivity index (χ4n) is 3.62. The summed E-state index contributed by atoms with van der Waals surface area (Å²) >= 11 is 3.44. The van der Waals surface area contributed by atoms with Crippen molar-refractivity contribution in [2.45, 2.75) is 6.54 Å². The molecule has 2 aliphatic rings. The maximum absolute atomic E-state index is 12.7. The Morgan fingerprint density at radius 3 is 2.00 bits per heavy atom. The van der Waals surface area contributed by atoms with Gasteiger partial charge in [0, 0.05) is 37.2 Å². The molecule has 0 saturated carbocycles. The van der Waals surface area contributed by atoms with Gasteiger partial charge in [0.1, 0.15) is 6.54 Å². The van der Waals surface area contributed by atoms with Crippen LogP contribution in [0, 0.1) is 0 Å². The smallest absolute Gasteiger partial charge is 0.262 e. The monoisotopic (exact) mass is 441 g/mol. The van der Waals surface area contributed by atoms with Crippen LogP contribution in [0.5, 0.6) is 0 Å². The number of fused-ring (bicyclic) bond motifs is 1. The van der Waals surface area contributed by atoms with Crippen molar-refractivity contribution in [3.05, 3.63) is 69.7 Å². The summed E-state index contributed by atoms with van der Waals surface area (Å²) in [5.41, 5.74) is 1.98. The molecule has 4 rings (SSSR count). The number of nitrogens with zero attached hydrogens (tertiary/aromatic N) is 3. The van der Waals surface area contributed by atoms with Gasteiger partial charge in [0.25, 0.3) is 11.8 Å². The van der Waals surface area contributed by atoms with Gasteiger partial charge in [-0.3, -0.25) is 24.2 Å². The Morgan fingerprint density at radius 1 is 0.857 bits per heavy atom. The lowest BCUT2D eigenvalue weighted by Gasteiger charge is -2.35. The number of imide groups is 1. The van der Waals surface area contributed by atoms with Crippen LogP contribution in [0.4, 0.5) is 0 Å². The average molecular weight is 442 g/mol. The van der Waals surface area contributed by atoms with Gasteiger partial charge in [-0.15, -0.1) is 0 Å². The van der Waals surface area contributed by atoms with Crippen LogP contribution in [0.25, 0.3) is 0 Å². The predicted molar refractivity (Wildman–Crippen MR) is 108 cm³/mol. The summed E-state index contributed by atoms with van der Waals surface area (Å²) in [4.78, 5) is 42.6. The first-order chi connectivity index (χ1) is 13.5. The number of piperazine rings is 1. The maximum atomic E-state index is 12.7. The van der Waals surface area contributed by atoms with Gasteiger partial charge < -0.3 is 4.90 Å². The molecule has 0 bridgehead atoms. The lowest BCUT2D eigenvalue weighted by atomic mass is 10.1. The minimum Gasteiger partial charge on any atom is -0.339 e. The van der Waals surface area contributed by atoms with Gasteiger partial charge in [0.05, 0.1) is 11.1 Å². The second kappa shape index (κ2) is 7.85. The topological polar surface area (TPSA) is 60.9 Å². The summed E-state index contributed by atoms with van der Waals surface area (Å²) in [5, 5.41) is 0. The van der Waals surface area contributed by atoms with Crippen molar-refractivity contribution >= 4 is 33.7 Å². The summed E-state index contributed by atoms with van der Waals surface area (Å²) in [6, 6.07) is 14.9. The van der Waals surface area contributed by atoms with Crippen LogP contribution < -0.4 is 0 Å². The van der Waals surface area contributed by atoms with E-state index in [-0.39, 0.29) is 24.3 Å². The standard InChI is InChI=1S/C21H20BrN3O3/c22-16-7-5-15(6-8-16)13-23-9-11-24(12-10-23)19(26)14-25-20(27)17-3-1-2-4-18(17)21(25)28/h1-8H,9-14H2. The molecule has 0 aliphatic carbocycles. The summed E-state index contributed by atoms with van der Waals surface area (Å²) in [5.74, 6) is -0.955. The largest absolute Gasteiger partial charge is 0.339 e. The Labute approximate surface area is 171 Å². The predicted octanol–water partition coefficient (Wildman–Crippen LogP) is 2.39. The van der Waals surface area contributed by atoms with Crippen molar-refractivity contribution in [1.29, 1.82) is 0 Å². The van der Waals surface area contributed by atoms with Crippen molar-refractivity contribution in [2.75, 3.05) is 32.7 Å². The lowest BCUT2D eigenvalue weighted by Crippen LogP contribution is -2.51. The summed E-state index contributed by atoms with van der Waals surface area (Å²) in [6.07, 6.45) is 0. The quantitative estimate of drug-likeness (QED) is 0.683. The fourth-order valence-corrected chi connectivity index (χ4v) is 3.89. The van der Waals surface area contributed by atoms with Gasteiger partial charge in [0.2, 0.25) is 5.91 Å². The highest BCUT2D eigenvalue weighted by Gasteiger charge is 2.37.